The number of rotatable bonds is 6. The second kappa shape index (κ2) is 8.66. The van der Waals surface area contributed by atoms with Crippen LogP contribution >= 0.6 is 23.5 Å². The van der Waals surface area contributed by atoms with E-state index in [0.717, 1.165) is 33.7 Å². The summed E-state index contributed by atoms with van der Waals surface area (Å²) in [4.78, 5) is 12.9. The minimum Gasteiger partial charge on any atom is -0.325 e. The maximum Gasteiger partial charge on any atom is 0.234 e. The molecule has 0 aliphatic heterocycles. The van der Waals surface area contributed by atoms with Crippen LogP contribution in [0.5, 0.6) is 0 Å². The first-order valence-corrected chi connectivity index (χ1v) is 9.16. The molecule has 2 aromatic carbocycles. The number of hydrogen-bond donors (Lipinski definition) is 1. The van der Waals surface area contributed by atoms with Crippen molar-refractivity contribution >= 4 is 35.1 Å². The van der Waals surface area contributed by atoms with E-state index in [1.807, 2.05) is 42.7 Å². The number of nitriles is 1. The summed E-state index contributed by atoms with van der Waals surface area (Å²) >= 11 is 2.72. The van der Waals surface area contributed by atoms with Crippen molar-refractivity contribution in [3.8, 4) is 5.40 Å². The molecule has 0 unspecified atom stereocenters. The number of nitrogens with one attached hydrogen (secondary N) is 1. The lowest BCUT2D eigenvalue weighted by atomic mass is 10.1. The van der Waals surface area contributed by atoms with Crippen molar-refractivity contribution in [2.24, 2.45) is 0 Å². The zero-order chi connectivity index (χ0) is 16.7. The first-order chi connectivity index (χ1) is 11.1. The lowest BCUT2D eigenvalue weighted by Gasteiger charge is -2.09. The van der Waals surface area contributed by atoms with E-state index in [1.165, 1.54) is 11.1 Å². The highest BCUT2D eigenvalue weighted by Crippen LogP contribution is 2.23. The molecule has 0 aromatic heterocycles. The molecule has 1 amide bonds. The van der Waals surface area contributed by atoms with Crippen LogP contribution in [-0.2, 0) is 10.5 Å². The Morgan fingerprint density at radius 3 is 2.65 bits per heavy atom. The summed E-state index contributed by atoms with van der Waals surface area (Å²) in [5, 5.41) is 13.7. The van der Waals surface area contributed by atoms with Crippen molar-refractivity contribution in [2.75, 3.05) is 11.1 Å². The summed E-state index contributed by atoms with van der Waals surface area (Å²) in [6.45, 7) is 4.01. The molecule has 0 spiro atoms. The Bertz CT molecular complexity index is 738. The van der Waals surface area contributed by atoms with Gasteiger partial charge in [0, 0.05) is 16.3 Å². The Morgan fingerprint density at radius 2 is 1.96 bits per heavy atom. The molecule has 0 bridgehead atoms. The number of amides is 1. The predicted molar refractivity (Wildman–Crippen MR) is 98.6 cm³/mol. The lowest BCUT2D eigenvalue weighted by Crippen LogP contribution is -2.15. The number of benzene rings is 2. The molecule has 3 nitrogen and oxygen atoms in total. The Labute approximate surface area is 145 Å². The van der Waals surface area contributed by atoms with Crippen LogP contribution in [0.1, 0.15) is 16.7 Å². The van der Waals surface area contributed by atoms with Gasteiger partial charge in [-0.1, -0.05) is 24.3 Å². The van der Waals surface area contributed by atoms with Crippen LogP contribution in [0.25, 0.3) is 0 Å². The van der Waals surface area contributed by atoms with Gasteiger partial charge < -0.3 is 5.32 Å². The van der Waals surface area contributed by atoms with Gasteiger partial charge >= 0.3 is 0 Å². The van der Waals surface area contributed by atoms with Gasteiger partial charge in [0.05, 0.1) is 5.75 Å². The highest BCUT2D eigenvalue weighted by atomic mass is 32.2. The first-order valence-electron chi connectivity index (χ1n) is 7.19. The second-order valence-electron chi connectivity index (χ2n) is 5.14. The third kappa shape index (κ3) is 5.34. The minimum atomic E-state index is -0.00706. The number of nitrogens with zero attached hydrogens (tertiary/aromatic N) is 1. The van der Waals surface area contributed by atoms with Gasteiger partial charge in [-0.15, -0.1) is 11.8 Å². The molecule has 0 saturated carbocycles. The van der Waals surface area contributed by atoms with Gasteiger partial charge in [-0.2, -0.15) is 5.26 Å². The van der Waals surface area contributed by atoms with Gasteiger partial charge in [0.2, 0.25) is 5.91 Å². The average molecular weight is 342 g/mol. The average Bonchev–Trinajstić information content (AvgIpc) is 2.52. The third-order valence-electron chi connectivity index (χ3n) is 3.39. The number of thiocyanates is 1. The molecule has 0 aliphatic rings. The summed E-state index contributed by atoms with van der Waals surface area (Å²) in [6, 6.07) is 13.8. The zero-order valence-corrected chi connectivity index (χ0v) is 14.8. The molecule has 0 aliphatic carbocycles. The van der Waals surface area contributed by atoms with Gasteiger partial charge in [0.25, 0.3) is 0 Å². The molecule has 23 heavy (non-hydrogen) atoms. The van der Waals surface area contributed by atoms with Crippen LogP contribution in [0.4, 0.5) is 5.69 Å². The van der Waals surface area contributed by atoms with Gasteiger partial charge in [-0.3, -0.25) is 4.79 Å². The molecule has 118 valence electrons. The highest BCUT2D eigenvalue weighted by molar-refractivity contribution is 8.03. The Kier molecular flexibility index (Phi) is 6.57. The molecular formula is C18H18N2OS2. The summed E-state index contributed by atoms with van der Waals surface area (Å²) in [5.74, 6) is 1.24. The summed E-state index contributed by atoms with van der Waals surface area (Å²) in [7, 11) is 0. The van der Waals surface area contributed by atoms with Crippen LogP contribution in [0.2, 0.25) is 0 Å². The fraction of sp³-hybridized carbons (Fsp3) is 0.222. The zero-order valence-electron chi connectivity index (χ0n) is 13.1. The maximum absolute atomic E-state index is 12.1. The van der Waals surface area contributed by atoms with Gasteiger partial charge in [-0.25, -0.2) is 0 Å². The van der Waals surface area contributed by atoms with E-state index in [1.54, 1.807) is 11.8 Å². The smallest absolute Gasteiger partial charge is 0.234 e. The highest BCUT2D eigenvalue weighted by Gasteiger charge is 2.07. The molecule has 0 fully saturated rings. The van der Waals surface area contributed by atoms with E-state index in [4.69, 9.17) is 5.26 Å². The van der Waals surface area contributed by atoms with Crippen LogP contribution < -0.4 is 5.32 Å². The quantitative estimate of drug-likeness (QED) is 0.608. The van der Waals surface area contributed by atoms with E-state index in [2.05, 4.69) is 24.4 Å². The van der Waals surface area contributed by atoms with E-state index >= 15 is 0 Å². The number of carbonyl (C=O) groups is 1. The van der Waals surface area contributed by atoms with Crippen LogP contribution in [0, 0.1) is 24.5 Å². The molecule has 1 N–H and O–H groups in total. The van der Waals surface area contributed by atoms with Crippen molar-refractivity contribution in [2.45, 2.75) is 24.5 Å². The van der Waals surface area contributed by atoms with Crippen molar-refractivity contribution in [3.05, 3.63) is 59.2 Å². The molecule has 0 atom stereocenters. The van der Waals surface area contributed by atoms with E-state index in [9.17, 15) is 4.79 Å². The number of thioether (sulfide) groups is 2. The van der Waals surface area contributed by atoms with Crippen LogP contribution in [-0.4, -0.2) is 11.7 Å². The Balaban J connectivity index is 1.85. The minimum absolute atomic E-state index is 0.00706. The second-order valence-corrected chi connectivity index (χ2v) is 6.98. The fourth-order valence-electron chi connectivity index (χ4n) is 2.10. The molecule has 0 radical (unpaired) electrons. The number of carbonyl (C=O) groups excluding carboxylic acids is 1. The largest absolute Gasteiger partial charge is 0.325 e. The molecule has 2 rings (SSSR count). The SMILES string of the molecule is Cc1ccccc1CSCC(=O)Nc1ccc(SC#N)cc1C. The van der Waals surface area contributed by atoms with Crippen molar-refractivity contribution in [3.63, 3.8) is 0 Å². The number of aryl methyl sites for hydroxylation is 2. The Hall–Kier alpha value is -1.90. The lowest BCUT2D eigenvalue weighted by molar-refractivity contribution is -0.113. The van der Waals surface area contributed by atoms with Gasteiger partial charge in [-0.05, 0) is 60.5 Å². The molecule has 0 saturated heterocycles. The van der Waals surface area contributed by atoms with Gasteiger partial charge in [0.15, 0.2) is 0 Å². The van der Waals surface area contributed by atoms with Crippen LogP contribution in [0.3, 0.4) is 0 Å². The fourth-order valence-corrected chi connectivity index (χ4v) is 3.49. The molecular weight excluding hydrogens is 324 g/mol. The Morgan fingerprint density at radius 1 is 1.17 bits per heavy atom. The summed E-state index contributed by atoms with van der Waals surface area (Å²) in [6.07, 6.45) is 0. The van der Waals surface area contributed by atoms with E-state index in [0.29, 0.717) is 5.75 Å². The molecule has 2 aromatic rings. The normalized spacial score (nSPS) is 10.1. The predicted octanol–water partition coefficient (Wildman–Crippen LogP) is 4.75. The number of anilines is 1. The van der Waals surface area contributed by atoms with E-state index in [-0.39, 0.29) is 5.91 Å². The molecule has 5 heteroatoms. The van der Waals surface area contributed by atoms with E-state index < -0.39 is 0 Å². The van der Waals surface area contributed by atoms with Gasteiger partial charge in [0.1, 0.15) is 5.40 Å². The van der Waals surface area contributed by atoms with Crippen LogP contribution in [0.15, 0.2) is 47.4 Å². The first kappa shape index (κ1) is 17.5. The molecule has 0 heterocycles. The number of hydrogen-bond acceptors (Lipinski definition) is 4. The monoisotopic (exact) mass is 342 g/mol. The standard InChI is InChI=1S/C18H18N2OS2/c1-13-5-3-4-6-15(13)10-22-11-18(21)20-17-8-7-16(23-12-19)9-14(17)2/h3-9H,10-11H2,1-2H3,(H,20,21). The summed E-state index contributed by atoms with van der Waals surface area (Å²) < 4.78 is 0. The third-order valence-corrected chi connectivity index (χ3v) is 4.95. The summed E-state index contributed by atoms with van der Waals surface area (Å²) in [5.41, 5.74) is 4.28. The van der Waals surface area contributed by atoms with Crippen molar-refractivity contribution < 1.29 is 4.79 Å². The van der Waals surface area contributed by atoms with Crippen molar-refractivity contribution in [1.82, 2.24) is 0 Å². The topological polar surface area (TPSA) is 52.9 Å². The maximum atomic E-state index is 12.1. The van der Waals surface area contributed by atoms with Crippen molar-refractivity contribution in [1.29, 1.82) is 5.26 Å².